The van der Waals surface area contributed by atoms with E-state index in [4.69, 9.17) is 0 Å². The van der Waals surface area contributed by atoms with Crippen molar-refractivity contribution in [3.63, 3.8) is 0 Å². The van der Waals surface area contributed by atoms with Crippen LogP contribution in [0.15, 0.2) is 70.5 Å². The van der Waals surface area contributed by atoms with Gasteiger partial charge in [0.2, 0.25) is 0 Å². The number of nitrogens with zero attached hydrogens (tertiary/aromatic N) is 4. The maximum absolute atomic E-state index is 13.1. The number of hydrogen-bond donors (Lipinski definition) is 1. The fourth-order valence-electron chi connectivity index (χ4n) is 2.79. The summed E-state index contributed by atoms with van der Waals surface area (Å²) in [7, 11) is 0. The number of non-ortho nitro benzene ring substituents is 1. The maximum atomic E-state index is 13.1. The predicted molar refractivity (Wildman–Crippen MR) is 93.9 cm³/mol. The number of benzene rings is 2. The van der Waals surface area contributed by atoms with Crippen molar-refractivity contribution >= 4 is 16.9 Å². The second-order valence-electron chi connectivity index (χ2n) is 5.47. The molecule has 0 bridgehead atoms. The largest absolute Gasteiger partial charge is 0.342 e. The van der Waals surface area contributed by atoms with Crippen molar-refractivity contribution in [2.75, 3.05) is 0 Å². The lowest BCUT2D eigenvalue weighted by molar-refractivity contribution is -0.384. The van der Waals surface area contributed by atoms with Crippen LogP contribution < -0.4 is 11.2 Å². The summed E-state index contributed by atoms with van der Waals surface area (Å²) in [5.74, 6) is 0. The molecule has 0 saturated carbocycles. The molecule has 9 nitrogen and oxygen atoms in total. The van der Waals surface area contributed by atoms with Crippen LogP contribution in [-0.2, 0) is 0 Å². The third-order valence-corrected chi connectivity index (χ3v) is 3.94. The minimum absolute atomic E-state index is 0.104. The molecule has 4 rings (SSSR count). The summed E-state index contributed by atoms with van der Waals surface area (Å²) in [5, 5.41) is 11.1. The lowest BCUT2D eigenvalue weighted by atomic mass is 10.2. The fourth-order valence-corrected chi connectivity index (χ4v) is 2.79. The molecular formula is C17H11N5O4. The summed E-state index contributed by atoms with van der Waals surface area (Å²) in [6.07, 6.45) is 1.30. The number of fused-ring (bicyclic) bond motifs is 1. The van der Waals surface area contributed by atoms with E-state index in [0.717, 1.165) is 4.57 Å². The number of aromatic amines is 1. The molecule has 2 heterocycles. The van der Waals surface area contributed by atoms with Crippen molar-refractivity contribution in [3.05, 3.63) is 91.9 Å². The number of nitrogens with one attached hydrogen (secondary N) is 1. The Labute approximate surface area is 144 Å². The normalized spacial score (nSPS) is 10.9. The first-order valence-corrected chi connectivity index (χ1v) is 7.59. The van der Waals surface area contributed by atoms with Crippen LogP contribution in [0, 0.1) is 10.1 Å². The number of hydrogen-bond acceptors (Lipinski definition) is 5. The Morgan fingerprint density at radius 2 is 1.69 bits per heavy atom. The van der Waals surface area contributed by atoms with Crippen LogP contribution in [-0.4, -0.2) is 24.0 Å². The SMILES string of the molecule is O=c1c2[nH]cnc2n(-c2cccc([N+](=O)[O-])c2)c(=O)n1-c1ccccc1. The highest BCUT2D eigenvalue weighted by molar-refractivity contribution is 5.72. The van der Waals surface area contributed by atoms with E-state index in [1.54, 1.807) is 36.4 Å². The topological polar surface area (TPSA) is 116 Å². The molecule has 0 unspecified atom stereocenters. The van der Waals surface area contributed by atoms with Gasteiger partial charge in [-0.15, -0.1) is 0 Å². The van der Waals surface area contributed by atoms with Gasteiger partial charge in [-0.25, -0.2) is 18.9 Å². The van der Waals surface area contributed by atoms with Crippen molar-refractivity contribution < 1.29 is 4.92 Å². The average molecular weight is 349 g/mol. The molecule has 9 heteroatoms. The molecule has 0 aliphatic carbocycles. The Bertz CT molecular complexity index is 1250. The summed E-state index contributed by atoms with van der Waals surface area (Å²) in [6, 6.07) is 14.0. The number of H-pyrrole nitrogens is 1. The average Bonchev–Trinajstić information content (AvgIpc) is 3.13. The Morgan fingerprint density at radius 1 is 0.962 bits per heavy atom. The Morgan fingerprint density at radius 3 is 2.42 bits per heavy atom. The first kappa shape index (κ1) is 15.5. The summed E-state index contributed by atoms with van der Waals surface area (Å²) >= 11 is 0. The van der Waals surface area contributed by atoms with Crippen molar-refractivity contribution in [1.82, 2.24) is 19.1 Å². The second kappa shape index (κ2) is 5.81. The Kier molecular flexibility index (Phi) is 3.47. The third-order valence-electron chi connectivity index (χ3n) is 3.94. The van der Waals surface area contributed by atoms with Crippen LogP contribution in [0.25, 0.3) is 22.5 Å². The number of nitro benzene ring substituents is 1. The van der Waals surface area contributed by atoms with Gasteiger partial charge in [0.1, 0.15) is 0 Å². The lowest BCUT2D eigenvalue weighted by Crippen LogP contribution is -2.38. The molecule has 2 aromatic heterocycles. The molecule has 128 valence electrons. The molecule has 0 aliphatic rings. The quantitative estimate of drug-likeness (QED) is 0.447. The smallest absolute Gasteiger partial charge is 0.339 e. The van der Waals surface area contributed by atoms with Crippen LogP contribution >= 0.6 is 0 Å². The van der Waals surface area contributed by atoms with Gasteiger partial charge in [0.25, 0.3) is 11.2 Å². The fraction of sp³-hybridized carbons (Fsp3) is 0. The van der Waals surface area contributed by atoms with E-state index in [9.17, 15) is 19.7 Å². The van der Waals surface area contributed by atoms with Gasteiger partial charge in [-0.1, -0.05) is 24.3 Å². The molecule has 0 saturated heterocycles. The highest BCUT2D eigenvalue weighted by atomic mass is 16.6. The zero-order valence-electron chi connectivity index (χ0n) is 13.2. The number of aromatic nitrogens is 4. The van der Waals surface area contributed by atoms with Gasteiger partial charge in [0, 0.05) is 12.1 Å². The molecule has 26 heavy (non-hydrogen) atoms. The van der Waals surface area contributed by atoms with E-state index >= 15 is 0 Å². The van der Waals surface area contributed by atoms with Crippen LogP contribution in [0.3, 0.4) is 0 Å². The molecular weight excluding hydrogens is 338 g/mol. The standard InChI is InChI=1S/C17H11N5O4/c23-16-14-15(19-10-18-14)20(12-7-4-8-13(9-12)22(25)26)17(24)21(16)11-5-2-1-3-6-11/h1-10H,(H,18,19). The molecule has 4 aromatic rings. The first-order valence-electron chi connectivity index (χ1n) is 7.59. The zero-order valence-corrected chi connectivity index (χ0v) is 13.2. The molecule has 0 radical (unpaired) electrons. The minimum atomic E-state index is -0.665. The van der Waals surface area contributed by atoms with Gasteiger partial charge >= 0.3 is 5.69 Å². The van der Waals surface area contributed by atoms with Gasteiger partial charge in [-0.2, -0.15) is 0 Å². The monoisotopic (exact) mass is 349 g/mol. The van der Waals surface area contributed by atoms with Gasteiger partial charge in [-0.05, 0) is 18.2 Å². The van der Waals surface area contributed by atoms with Crippen LogP contribution in [0.2, 0.25) is 0 Å². The number of imidazole rings is 1. The Balaban J connectivity index is 2.12. The highest BCUT2D eigenvalue weighted by Crippen LogP contribution is 2.18. The summed E-state index contributed by atoms with van der Waals surface area (Å²) < 4.78 is 2.17. The molecule has 0 atom stereocenters. The van der Waals surface area contributed by atoms with E-state index in [2.05, 4.69) is 9.97 Å². The maximum Gasteiger partial charge on any atom is 0.342 e. The summed E-state index contributed by atoms with van der Waals surface area (Å²) in [4.78, 5) is 43.1. The van der Waals surface area contributed by atoms with Crippen molar-refractivity contribution in [2.45, 2.75) is 0 Å². The number of para-hydroxylation sites is 1. The van der Waals surface area contributed by atoms with E-state index in [-0.39, 0.29) is 22.5 Å². The van der Waals surface area contributed by atoms with Crippen LogP contribution in [0.5, 0.6) is 0 Å². The van der Waals surface area contributed by atoms with E-state index < -0.39 is 16.2 Å². The number of rotatable bonds is 3. The van der Waals surface area contributed by atoms with Gasteiger partial charge in [0.05, 0.1) is 22.6 Å². The number of nitro groups is 1. The van der Waals surface area contributed by atoms with E-state index in [1.807, 2.05) is 0 Å². The van der Waals surface area contributed by atoms with Crippen LogP contribution in [0.4, 0.5) is 5.69 Å². The molecule has 0 aliphatic heterocycles. The molecule has 1 N–H and O–H groups in total. The van der Waals surface area contributed by atoms with Gasteiger partial charge < -0.3 is 4.98 Å². The van der Waals surface area contributed by atoms with Crippen molar-refractivity contribution in [3.8, 4) is 11.4 Å². The summed E-state index contributed by atoms with van der Waals surface area (Å²) in [5.41, 5.74) is -0.524. The minimum Gasteiger partial charge on any atom is -0.339 e. The highest BCUT2D eigenvalue weighted by Gasteiger charge is 2.18. The van der Waals surface area contributed by atoms with E-state index in [0.29, 0.717) is 5.69 Å². The Hall–Kier alpha value is -4.01. The van der Waals surface area contributed by atoms with E-state index in [1.165, 1.54) is 29.1 Å². The third kappa shape index (κ3) is 2.30. The predicted octanol–water partition coefficient (Wildman–Crippen LogP) is 1.77. The van der Waals surface area contributed by atoms with Crippen LogP contribution in [0.1, 0.15) is 0 Å². The van der Waals surface area contributed by atoms with Crippen molar-refractivity contribution in [2.24, 2.45) is 0 Å². The van der Waals surface area contributed by atoms with Crippen molar-refractivity contribution in [1.29, 1.82) is 0 Å². The molecule has 2 aromatic carbocycles. The second-order valence-corrected chi connectivity index (χ2v) is 5.47. The van der Waals surface area contributed by atoms with Gasteiger partial charge in [-0.3, -0.25) is 14.9 Å². The van der Waals surface area contributed by atoms with Gasteiger partial charge in [0.15, 0.2) is 11.2 Å². The molecule has 0 amide bonds. The summed E-state index contributed by atoms with van der Waals surface area (Å²) in [6.45, 7) is 0. The molecule has 0 spiro atoms. The first-order chi connectivity index (χ1) is 12.6. The molecule has 0 fully saturated rings. The lowest BCUT2D eigenvalue weighted by Gasteiger charge is -2.11. The zero-order chi connectivity index (χ0) is 18.3.